The minimum Gasteiger partial charge on any atom is -0.483 e. The molecule has 0 N–H and O–H groups in total. The highest BCUT2D eigenvalue weighted by atomic mass is 16.5. The molecule has 128 valence electrons. The molecule has 0 bridgehead atoms. The number of carbonyl (C=O) groups excluding carboxylic acids is 1. The van der Waals surface area contributed by atoms with Crippen molar-refractivity contribution in [2.24, 2.45) is 5.41 Å². The number of carbonyl (C=O) groups is 1. The van der Waals surface area contributed by atoms with Crippen LogP contribution in [-0.2, 0) is 10.4 Å². The van der Waals surface area contributed by atoms with Crippen LogP contribution in [0.4, 0.5) is 0 Å². The van der Waals surface area contributed by atoms with Crippen LogP contribution in [0.1, 0.15) is 46.6 Å². The summed E-state index contributed by atoms with van der Waals surface area (Å²) in [6, 6.07) is 17.3. The Balaban J connectivity index is 2.06. The summed E-state index contributed by atoms with van der Waals surface area (Å²) in [4.78, 5) is 12.1. The summed E-state index contributed by atoms with van der Waals surface area (Å²) in [5.41, 5.74) is 0.180. The Bertz CT molecular complexity index is 670. The Labute approximate surface area is 144 Å². The second kappa shape index (κ2) is 7.08. The smallest absolute Gasteiger partial charge is 0.316 e. The zero-order chi connectivity index (χ0) is 17.8. The summed E-state index contributed by atoms with van der Waals surface area (Å²) in [6.45, 7) is 9.80. The molecule has 2 aromatic carbocycles. The van der Waals surface area contributed by atoms with Crippen LogP contribution in [0.25, 0.3) is 0 Å². The van der Waals surface area contributed by atoms with E-state index in [1.807, 2.05) is 77.1 Å². The van der Waals surface area contributed by atoms with Crippen molar-refractivity contribution in [1.29, 1.82) is 0 Å². The van der Waals surface area contributed by atoms with Crippen molar-refractivity contribution in [2.75, 3.05) is 0 Å². The number of hydrogen-bond acceptors (Lipinski definition) is 3. The quantitative estimate of drug-likeness (QED) is 0.531. The summed E-state index contributed by atoms with van der Waals surface area (Å²) >= 11 is 0. The monoisotopic (exact) mass is 326 g/mol. The maximum absolute atomic E-state index is 12.1. The molecule has 0 aliphatic carbocycles. The van der Waals surface area contributed by atoms with Crippen LogP contribution in [0.2, 0.25) is 0 Å². The second-order valence-corrected chi connectivity index (χ2v) is 7.08. The molecule has 0 radical (unpaired) electrons. The molecule has 0 saturated heterocycles. The van der Waals surface area contributed by atoms with Gasteiger partial charge in [-0.3, -0.25) is 4.79 Å². The van der Waals surface area contributed by atoms with Gasteiger partial charge in [-0.15, -0.1) is 0 Å². The predicted molar refractivity (Wildman–Crippen MR) is 96.2 cm³/mol. The van der Waals surface area contributed by atoms with Gasteiger partial charge in [-0.2, -0.15) is 0 Å². The molecule has 0 unspecified atom stereocenters. The first-order chi connectivity index (χ1) is 11.2. The molecule has 0 heterocycles. The van der Waals surface area contributed by atoms with Crippen molar-refractivity contribution in [3.05, 3.63) is 60.2 Å². The van der Waals surface area contributed by atoms with E-state index in [0.29, 0.717) is 5.75 Å². The lowest BCUT2D eigenvalue weighted by Crippen LogP contribution is -2.28. The fraction of sp³-hybridized carbons (Fsp3) is 0.381. The van der Waals surface area contributed by atoms with Gasteiger partial charge in [-0.1, -0.05) is 37.3 Å². The molecule has 0 aliphatic rings. The van der Waals surface area contributed by atoms with Crippen LogP contribution in [0, 0.1) is 5.41 Å². The zero-order valence-corrected chi connectivity index (χ0v) is 15.1. The molecule has 3 heteroatoms. The fourth-order valence-corrected chi connectivity index (χ4v) is 2.16. The van der Waals surface area contributed by atoms with Gasteiger partial charge in [0.05, 0.1) is 5.41 Å². The maximum atomic E-state index is 12.1. The largest absolute Gasteiger partial charge is 0.483 e. The van der Waals surface area contributed by atoms with E-state index < -0.39 is 11.0 Å². The Hall–Kier alpha value is -2.29. The maximum Gasteiger partial charge on any atom is 0.316 e. The Kier molecular flexibility index (Phi) is 5.33. The molecule has 0 atom stereocenters. The Morgan fingerprint density at radius 3 is 1.96 bits per heavy atom. The van der Waals surface area contributed by atoms with Gasteiger partial charge < -0.3 is 9.47 Å². The molecule has 0 amide bonds. The minimum absolute atomic E-state index is 0.219. The average molecular weight is 326 g/mol. The fourth-order valence-electron chi connectivity index (χ4n) is 2.16. The lowest BCUT2D eigenvalue weighted by atomic mass is 9.91. The van der Waals surface area contributed by atoms with Gasteiger partial charge in [-0.05, 0) is 63.9 Å². The van der Waals surface area contributed by atoms with E-state index in [4.69, 9.17) is 9.47 Å². The van der Waals surface area contributed by atoms with Crippen molar-refractivity contribution in [1.82, 2.24) is 0 Å². The third-order valence-electron chi connectivity index (χ3n) is 4.31. The van der Waals surface area contributed by atoms with Crippen molar-refractivity contribution < 1.29 is 14.3 Å². The van der Waals surface area contributed by atoms with Gasteiger partial charge >= 0.3 is 5.97 Å². The van der Waals surface area contributed by atoms with E-state index >= 15 is 0 Å². The van der Waals surface area contributed by atoms with Crippen molar-refractivity contribution in [3.8, 4) is 11.5 Å². The molecule has 3 nitrogen and oxygen atoms in total. The van der Waals surface area contributed by atoms with Crippen LogP contribution >= 0.6 is 0 Å². The van der Waals surface area contributed by atoms with Gasteiger partial charge in [0.25, 0.3) is 0 Å². The van der Waals surface area contributed by atoms with Crippen LogP contribution in [-0.4, -0.2) is 5.97 Å². The van der Waals surface area contributed by atoms with Crippen LogP contribution < -0.4 is 9.47 Å². The minimum atomic E-state index is -0.482. The normalized spacial score (nSPS) is 11.9. The standard InChI is InChI=1S/C21H26O3/c1-6-20(2,3)19(22)23-17-12-14-18(15-13-17)24-21(4,5)16-10-8-7-9-11-16/h7-15H,6H2,1-5H3. The number of ether oxygens (including phenoxy) is 2. The molecule has 2 aromatic rings. The van der Waals surface area contributed by atoms with Crippen molar-refractivity contribution in [3.63, 3.8) is 0 Å². The van der Waals surface area contributed by atoms with Crippen LogP contribution in [0.5, 0.6) is 11.5 Å². The van der Waals surface area contributed by atoms with Gasteiger partial charge in [-0.25, -0.2) is 0 Å². The summed E-state index contributed by atoms with van der Waals surface area (Å²) < 4.78 is 11.5. The van der Waals surface area contributed by atoms with Gasteiger partial charge in [0.1, 0.15) is 17.1 Å². The topological polar surface area (TPSA) is 35.5 Å². The van der Waals surface area contributed by atoms with Crippen molar-refractivity contribution >= 4 is 5.97 Å². The SMILES string of the molecule is CCC(C)(C)C(=O)Oc1ccc(OC(C)(C)c2ccccc2)cc1. The number of benzene rings is 2. The molecule has 0 fully saturated rings. The van der Waals surface area contributed by atoms with Gasteiger partial charge in [0.2, 0.25) is 0 Å². The lowest BCUT2D eigenvalue weighted by Gasteiger charge is -2.27. The third kappa shape index (κ3) is 4.38. The summed E-state index contributed by atoms with van der Waals surface area (Å²) in [7, 11) is 0. The van der Waals surface area contributed by atoms with Crippen molar-refractivity contribution in [2.45, 2.75) is 46.6 Å². The zero-order valence-electron chi connectivity index (χ0n) is 15.1. The Morgan fingerprint density at radius 2 is 1.42 bits per heavy atom. The predicted octanol–water partition coefficient (Wildman–Crippen LogP) is 5.34. The number of esters is 1. The molecule has 0 aliphatic heterocycles. The molecule has 24 heavy (non-hydrogen) atoms. The second-order valence-electron chi connectivity index (χ2n) is 7.08. The summed E-state index contributed by atoms with van der Waals surface area (Å²) in [5, 5.41) is 0. The molecular formula is C21H26O3. The third-order valence-corrected chi connectivity index (χ3v) is 4.31. The molecule has 0 spiro atoms. The molecular weight excluding hydrogens is 300 g/mol. The summed E-state index contributed by atoms with van der Waals surface area (Å²) in [6.07, 6.45) is 0.734. The van der Waals surface area contributed by atoms with E-state index in [2.05, 4.69) is 0 Å². The Morgan fingerprint density at radius 1 is 0.875 bits per heavy atom. The molecule has 2 rings (SSSR count). The first-order valence-corrected chi connectivity index (χ1v) is 8.31. The van der Waals surface area contributed by atoms with Crippen LogP contribution in [0.3, 0.4) is 0 Å². The van der Waals surface area contributed by atoms with E-state index in [1.165, 1.54) is 0 Å². The van der Waals surface area contributed by atoms with Gasteiger partial charge in [0.15, 0.2) is 0 Å². The average Bonchev–Trinajstić information content (AvgIpc) is 2.57. The van der Waals surface area contributed by atoms with E-state index in [1.54, 1.807) is 12.1 Å². The molecule has 0 saturated carbocycles. The number of hydrogen-bond donors (Lipinski definition) is 0. The highest BCUT2D eigenvalue weighted by molar-refractivity contribution is 5.78. The summed E-state index contributed by atoms with van der Waals surface area (Å²) in [5.74, 6) is 1.05. The molecule has 0 aromatic heterocycles. The van der Waals surface area contributed by atoms with Crippen LogP contribution in [0.15, 0.2) is 54.6 Å². The highest BCUT2D eigenvalue weighted by Crippen LogP contribution is 2.29. The van der Waals surface area contributed by atoms with Gasteiger partial charge in [0, 0.05) is 0 Å². The highest BCUT2D eigenvalue weighted by Gasteiger charge is 2.27. The first-order valence-electron chi connectivity index (χ1n) is 8.31. The van der Waals surface area contributed by atoms with E-state index in [9.17, 15) is 4.79 Å². The lowest BCUT2D eigenvalue weighted by molar-refractivity contribution is -0.144. The first kappa shape index (κ1) is 18.1. The number of rotatable bonds is 6. The van der Waals surface area contributed by atoms with E-state index in [0.717, 1.165) is 17.7 Å². The van der Waals surface area contributed by atoms with E-state index in [-0.39, 0.29) is 5.97 Å².